The number of nitrogens with two attached hydrogens (primary N) is 1. The molecule has 2 aliphatic rings. The van der Waals surface area contributed by atoms with Crippen LogP contribution in [0, 0.1) is 23.2 Å². The highest BCUT2D eigenvalue weighted by atomic mass is 16.2. The third-order valence-electron chi connectivity index (χ3n) is 7.59. The summed E-state index contributed by atoms with van der Waals surface area (Å²) in [4.78, 5) is 53.9. The van der Waals surface area contributed by atoms with E-state index in [0.717, 1.165) is 25.7 Å². The molecule has 0 spiro atoms. The van der Waals surface area contributed by atoms with Gasteiger partial charge in [0.25, 0.3) is 5.91 Å². The molecule has 1 aliphatic heterocycles. The maximum Gasteiger partial charge on any atom is 0.289 e. The van der Waals surface area contributed by atoms with E-state index in [1.165, 1.54) is 12.5 Å². The van der Waals surface area contributed by atoms with Crippen molar-refractivity contribution in [2.24, 2.45) is 28.9 Å². The van der Waals surface area contributed by atoms with Crippen LogP contribution in [-0.4, -0.2) is 60.1 Å². The minimum Gasteiger partial charge on any atom is -0.346 e. The number of nitrogens with one attached hydrogen (secondary N) is 2. The van der Waals surface area contributed by atoms with Gasteiger partial charge in [-0.05, 0) is 43.1 Å². The zero-order chi connectivity index (χ0) is 26.9. The first kappa shape index (κ1) is 29.7. The van der Waals surface area contributed by atoms with Crippen LogP contribution in [-0.2, 0) is 19.2 Å². The lowest BCUT2D eigenvalue weighted by Crippen LogP contribution is -2.56. The number of Topliss-reactive ketones (excluding diaryl/α,β-unsaturated/α-hetero) is 1. The van der Waals surface area contributed by atoms with E-state index in [0.29, 0.717) is 25.9 Å². The fraction of sp³-hybridized carbons (Fsp3) is 0.714. The summed E-state index contributed by atoms with van der Waals surface area (Å²) in [6.07, 6.45) is 11.3. The summed E-state index contributed by atoms with van der Waals surface area (Å²) in [5, 5.41) is 5.23. The van der Waals surface area contributed by atoms with E-state index >= 15 is 0 Å². The van der Waals surface area contributed by atoms with Gasteiger partial charge in [0.05, 0.1) is 6.04 Å². The summed E-state index contributed by atoms with van der Waals surface area (Å²) in [6, 6.07) is -1.76. The zero-order valence-electron chi connectivity index (χ0n) is 22.6. The molecule has 0 aromatic carbocycles. The van der Waals surface area contributed by atoms with Crippen molar-refractivity contribution in [3.63, 3.8) is 0 Å². The molecule has 0 radical (unpaired) electrons. The molecule has 4 N–H and O–H groups in total. The van der Waals surface area contributed by atoms with Gasteiger partial charge >= 0.3 is 0 Å². The zero-order valence-corrected chi connectivity index (χ0v) is 22.6. The SMILES string of the molecule is C=CCNC(=O)C(=O)C(CCC)NC(=O)[C@@H]1C=CCN1C(=O)C(C1CCCCC1)[C@H](CN)C(C)(C)C. The Balaban J connectivity index is 2.24. The number of ketones is 1. The Bertz CT molecular complexity index is 826. The van der Waals surface area contributed by atoms with Crippen LogP contribution in [0.5, 0.6) is 0 Å². The lowest BCUT2D eigenvalue weighted by atomic mass is 9.65. The van der Waals surface area contributed by atoms with Crippen LogP contribution < -0.4 is 16.4 Å². The van der Waals surface area contributed by atoms with Gasteiger partial charge in [-0.1, -0.05) is 71.6 Å². The van der Waals surface area contributed by atoms with Crippen molar-refractivity contribution in [2.75, 3.05) is 19.6 Å². The van der Waals surface area contributed by atoms with E-state index in [9.17, 15) is 19.2 Å². The maximum absolute atomic E-state index is 14.1. The highest BCUT2D eigenvalue weighted by Gasteiger charge is 2.45. The van der Waals surface area contributed by atoms with Crippen molar-refractivity contribution in [3.8, 4) is 0 Å². The highest BCUT2D eigenvalue weighted by molar-refractivity contribution is 6.38. The fourth-order valence-electron chi connectivity index (χ4n) is 5.63. The Morgan fingerprint density at radius 3 is 2.39 bits per heavy atom. The summed E-state index contributed by atoms with van der Waals surface area (Å²) < 4.78 is 0. The first-order chi connectivity index (χ1) is 17.1. The quantitative estimate of drug-likeness (QED) is 0.280. The average Bonchev–Trinajstić information content (AvgIpc) is 3.34. The number of hydrogen-bond donors (Lipinski definition) is 3. The monoisotopic (exact) mass is 502 g/mol. The summed E-state index contributed by atoms with van der Waals surface area (Å²) >= 11 is 0. The minimum atomic E-state index is -0.946. The molecule has 8 heteroatoms. The Hall–Kier alpha value is -2.48. The average molecular weight is 503 g/mol. The molecule has 2 unspecified atom stereocenters. The molecule has 1 fully saturated rings. The van der Waals surface area contributed by atoms with E-state index < -0.39 is 29.7 Å². The summed E-state index contributed by atoms with van der Waals surface area (Å²) in [5.41, 5.74) is 6.09. The van der Waals surface area contributed by atoms with E-state index in [1.807, 2.05) is 13.0 Å². The molecule has 0 aromatic heterocycles. The van der Waals surface area contributed by atoms with Crippen LogP contribution in [0.1, 0.15) is 72.6 Å². The standard InChI is InChI=1S/C28H46N4O4/c1-6-12-21(24(33)26(35)30-16-7-2)31-25(34)22-15-11-17-32(22)27(36)23(19-13-9-8-10-14-19)20(18-29)28(3,4)5/h7,11,15,19-23H,2,6,8-10,12-14,16-18,29H2,1,3-5H3,(H,30,35)(H,31,34)/t20-,21?,22-,23?/m0/s1. The molecule has 0 saturated heterocycles. The molecule has 202 valence electrons. The number of carbonyl (C=O) groups excluding carboxylic acids is 4. The third kappa shape index (κ3) is 7.51. The number of nitrogens with zero attached hydrogens (tertiary/aromatic N) is 1. The van der Waals surface area contributed by atoms with Gasteiger partial charge in [-0.3, -0.25) is 19.2 Å². The van der Waals surface area contributed by atoms with Gasteiger partial charge in [0.15, 0.2) is 0 Å². The van der Waals surface area contributed by atoms with Crippen LogP contribution in [0.4, 0.5) is 0 Å². The van der Waals surface area contributed by atoms with Crippen molar-refractivity contribution in [2.45, 2.75) is 84.7 Å². The first-order valence-electron chi connectivity index (χ1n) is 13.5. The molecule has 8 nitrogen and oxygen atoms in total. The Labute approximate surface area is 216 Å². The smallest absolute Gasteiger partial charge is 0.289 e. The highest BCUT2D eigenvalue weighted by Crippen LogP contribution is 2.42. The number of amides is 3. The van der Waals surface area contributed by atoms with E-state index in [2.05, 4.69) is 38.0 Å². The van der Waals surface area contributed by atoms with Crippen LogP contribution in [0.15, 0.2) is 24.8 Å². The molecule has 4 atom stereocenters. The maximum atomic E-state index is 14.1. The van der Waals surface area contributed by atoms with Crippen molar-refractivity contribution >= 4 is 23.5 Å². The lowest BCUT2D eigenvalue weighted by Gasteiger charge is -2.43. The summed E-state index contributed by atoms with van der Waals surface area (Å²) in [6.45, 7) is 12.7. The molecule has 0 aromatic rings. The van der Waals surface area contributed by atoms with E-state index in [4.69, 9.17) is 5.73 Å². The summed E-state index contributed by atoms with van der Waals surface area (Å²) in [7, 11) is 0. The fourth-order valence-corrected chi connectivity index (χ4v) is 5.63. The Morgan fingerprint density at radius 2 is 1.83 bits per heavy atom. The molecule has 0 bridgehead atoms. The van der Waals surface area contributed by atoms with Crippen molar-refractivity contribution < 1.29 is 19.2 Å². The van der Waals surface area contributed by atoms with E-state index in [-0.39, 0.29) is 35.6 Å². The molecule has 1 heterocycles. The molecular weight excluding hydrogens is 456 g/mol. The lowest BCUT2D eigenvalue weighted by molar-refractivity contribution is -0.147. The minimum absolute atomic E-state index is 0.0135. The van der Waals surface area contributed by atoms with Crippen LogP contribution in [0.3, 0.4) is 0 Å². The number of carbonyl (C=O) groups is 4. The van der Waals surface area contributed by atoms with Crippen LogP contribution in [0.25, 0.3) is 0 Å². The summed E-state index contributed by atoms with van der Waals surface area (Å²) in [5.74, 6) is -1.96. The van der Waals surface area contributed by atoms with Crippen molar-refractivity contribution in [1.82, 2.24) is 15.5 Å². The Morgan fingerprint density at radius 1 is 1.17 bits per heavy atom. The molecular formula is C28H46N4O4. The van der Waals surface area contributed by atoms with Gasteiger partial charge in [-0.2, -0.15) is 0 Å². The third-order valence-corrected chi connectivity index (χ3v) is 7.59. The van der Waals surface area contributed by atoms with Crippen molar-refractivity contribution in [3.05, 3.63) is 24.8 Å². The molecule has 1 aliphatic carbocycles. The largest absolute Gasteiger partial charge is 0.346 e. The van der Waals surface area contributed by atoms with Crippen molar-refractivity contribution in [1.29, 1.82) is 0 Å². The Kier molecular flexibility index (Phi) is 11.3. The second kappa shape index (κ2) is 13.7. The van der Waals surface area contributed by atoms with Gasteiger partial charge in [0.2, 0.25) is 17.6 Å². The molecule has 1 saturated carbocycles. The van der Waals surface area contributed by atoms with Crippen LogP contribution in [0.2, 0.25) is 0 Å². The van der Waals surface area contributed by atoms with Gasteiger partial charge in [-0.15, -0.1) is 6.58 Å². The number of hydrogen-bond acceptors (Lipinski definition) is 5. The first-order valence-corrected chi connectivity index (χ1v) is 13.5. The number of rotatable bonds is 12. The molecule has 3 amide bonds. The topological polar surface area (TPSA) is 122 Å². The molecule has 2 rings (SSSR count). The second-order valence-corrected chi connectivity index (χ2v) is 11.2. The van der Waals surface area contributed by atoms with Gasteiger partial charge < -0.3 is 21.3 Å². The van der Waals surface area contributed by atoms with Gasteiger partial charge in [-0.25, -0.2) is 0 Å². The van der Waals surface area contributed by atoms with Gasteiger partial charge in [0.1, 0.15) is 6.04 Å². The second-order valence-electron chi connectivity index (χ2n) is 11.2. The normalized spacial score (nSPS) is 20.9. The van der Waals surface area contributed by atoms with Crippen LogP contribution >= 0.6 is 0 Å². The van der Waals surface area contributed by atoms with Gasteiger partial charge in [0, 0.05) is 19.0 Å². The van der Waals surface area contributed by atoms with E-state index in [1.54, 1.807) is 11.0 Å². The predicted molar refractivity (Wildman–Crippen MR) is 142 cm³/mol. The molecule has 36 heavy (non-hydrogen) atoms. The predicted octanol–water partition coefficient (Wildman–Crippen LogP) is 2.73.